The Bertz CT molecular complexity index is 636. The molecule has 0 saturated carbocycles. The summed E-state index contributed by atoms with van der Waals surface area (Å²) in [5, 5.41) is 1.10. The van der Waals surface area contributed by atoms with Gasteiger partial charge in [-0.05, 0) is 45.5 Å². The second-order valence-electron chi connectivity index (χ2n) is 5.98. The summed E-state index contributed by atoms with van der Waals surface area (Å²) < 4.78 is 1.19. The lowest BCUT2D eigenvalue weighted by atomic mass is 10.1. The number of nitrogens with zero attached hydrogens (tertiary/aromatic N) is 3. The third kappa shape index (κ3) is 2.85. The predicted molar refractivity (Wildman–Crippen MR) is 92.3 cm³/mol. The zero-order chi connectivity index (χ0) is 15.0. The van der Waals surface area contributed by atoms with Crippen LogP contribution < -0.4 is 10.6 Å². The minimum absolute atomic E-state index is 0.525. The van der Waals surface area contributed by atoms with Crippen LogP contribution in [0.4, 0.5) is 11.4 Å². The van der Waals surface area contributed by atoms with Gasteiger partial charge in [0.2, 0.25) is 0 Å². The molecule has 1 fully saturated rings. The van der Waals surface area contributed by atoms with Crippen LogP contribution in [0.2, 0.25) is 0 Å². The van der Waals surface area contributed by atoms with E-state index >= 15 is 0 Å². The largest absolute Gasteiger partial charge is 0.397 e. The van der Waals surface area contributed by atoms with E-state index < -0.39 is 0 Å². The number of nitrogens with two attached hydrogens (primary N) is 1. The number of anilines is 2. The van der Waals surface area contributed by atoms with Crippen molar-refractivity contribution in [1.29, 1.82) is 0 Å². The smallest absolute Gasteiger partial charge is 0.0907 e. The summed E-state index contributed by atoms with van der Waals surface area (Å²) in [5.74, 6) is 0. The standard InChI is InChI=1S/C16H24N4S/c1-4-12-10-19(3)6-5-7-20(12)15-9-14-16(8-13(15)17)21-11(2)18-14/h8-9,12H,4-7,10,17H2,1-3H3. The monoisotopic (exact) mass is 304 g/mol. The van der Waals surface area contributed by atoms with Crippen LogP contribution in [0, 0.1) is 6.92 Å². The Labute approximate surface area is 130 Å². The molecule has 1 saturated heterocycles. The normalized spacial score (nSPS) is 20.9. The number of thiazole rings is 1. The van der Waals surface area contributed by atoms with Crippen molar-refractivity contribution in [2.75, 3.05) is 37.3 Å². The molecular weight excluding hydrogens is 280 g/mol. The minimum Gasteiger partial charge on any atom is -0.397 e. The van der Waals surface area contributed by atoms with Crippen LogP contribution in [0.15, 0.2) is 12.1 Å². The van der Waals surface area contributed by atoms with Crippen molar-refractivity contribution in [3.05, 3.63) is 17.1 Å². The molecule has 1 aromatic heterocycles. The van der Waals surface area contributed by atoms with E-state index in [2.05, 4.69) is 47.8 Å². The number of benzene rings is 1. The molecule has 1 aromatic carbocycles. The Morgan fingerprint density at radius 2 is 2.19 bits per heavy atom. The van der Waals surface area contributed by atoms with Gasteiger partial charge in [0, 0.05) is 19.1 Å². The third-order valence-electron chi connectivity index (χ3n) is 4.33. The minimum atomic E-state index is 0.525. The topological polar surface area (TPSA) is 45.4 Å². The first-order valence-corrected chi connectivity index (χ1v) is 8.52. The van der Waals surface area contributed by atoms with Crippen molar-refractivity contribution in [3.8, 4) is 0 Å². The fourth-order valence-electron chi connectivity index (χ4n) is 3.25. The summed E-state index contributed by atoms with van der Waals surface area (Å²) in [4.78, 5) is 9.54. The first kappa shape index (κ1) is 14.6. The summed E-state index contributed by atoms with van der Waals surface area (Å²) in [7, 11) is 2.21. The number of likely N-dealkylation sites (N-methyl/N-ethyl adjacent to an activating group) is 1. The van der Waals surface area contributed by atoms with Crippen molar-refractivity contribution in [1.82, 2.24) is 9.88 Å². The van der Waals surface area contributed by atoms with Gasteiger partial charge in [-0.25, -0.2) is 4.98 Å². The molecule has 0 amide bonds. The van der Waals surface area contributed by atoms with E-state index in [0.29, 0.717) is 6.04 Å². The first-order valence-electron chi connectivity index (χ1n) is 7.70. The molecule has 4 nitrogen and oxygen atoms in total. The number of hydrogen-bond acceptors (Lipinski definition) is 5. The molecule has 3 rings (SSSR count). The first-order chi connectivity index (χ1) is 10.1. The van der Waals surface area contributed by atoms with Gasteiger partial charge in [0.15, 0.2) is 0 Å². The van der Waals surface area contributed by atoms with Gasteiger partial charge >= 0.3 is 0 Å². The molecule has 1 aliphatic heterocycles. The molecule has 0 aliphatic carbocycles. The van der Waals surface area contributed by atoms with Gasteiger partial charge in [-0.3, -0.25) is 0 Å². The molecule has 2 N–H and O–H groups in total. The molecule has 5 heteroatoms. The number of rotatable bonds is 2. The fraction of sp³-hybridized carbons (Fsp3) is 0.562. The van der Waals surface area contributed by atoms with E-state index in [1.54, 1.807) is 11.3 Å². The second-order valence-corrected chi connectivity index (χ2v) is 7.22. The maximum Gasteiger partial charge on any atom is 0.0907 e. The van der Waals surface area contributed by atoms with Gasteiger partial charge in [-0.15, -0.1) is 11.3 Å². The lowest BCUT2D eigenvalue weighted by Crippen LogP contribution is -2.40. The number of fused-ring (bicyclic) bond motifs is 1. The molecule has 0 radical (unpaired) electrons. The highest BCUT2D eigenvalue weighted by Gasteiger charge is 2.24. The molecule has 21 heavy (non-hydrogen) atoms. The Morgan fingerprint density at radius 1 is 1.38 bits per heavy atom. The van der Waals surface area contributed by atoms with Crippen molar-refractivity contribution >= 4 is 32.9 Å². The van der Waals surface area contributed by atoms with Gasteiger partial charge in [0.1, 0.15) is 0 Å². The zero-order valence-corrected chi connectivity index (χ0v) is 13.9. The van der Waals surface area contributed by atoms with Crippen LogP contribution in [-0.2, 0) is 0 Å². The van der Waals surface area contributed by atoms with Crippen LogP contribution >= 0.6 is 11.3 Å². The average Bonchev–Trinajstić information content (AvgIpc) is 2.68. The average molecular weight is 304 g/mol. The highest BCUT2D eigenvalue weighted by Crippen LogP contribution is 2.34. The predicted octanol–water partition coefficient (Wildman–Crippen LogP) is 3.11. The van der Waals surface area contributed by atoms with Crippen LogP contribution in [0.1, 0.15) is 24.8 Å². The van der Waals surface area contributed by atoms with E-state index in [9.17, 15) is 0 Å². The highest BCUT2D eigenvalue weighted by molar-refractivity contribution is 7.18. The lowest BCUT2D eigenvalue weighted by molar-refractivity contribution is 0.328. The summed E-state index contributed by atoms with van der Waals surface area (Å²) in [6, 6.07) is 4.80. The van der Waals surface area contributed by atoms with Crippen LogP contribution in [0.5, 0.6) is 0 Å². The zero-order valence-electron chi connectivity index (χ0n) is 13.1. The van der Waals surface area contributed by atoms with Gasteiger partial charge in [-0.2, -0.15) is 0 Å². The Balaban J connectivity index is 2.02. The maximum atomic E-state index is 6.35. The number of aromatic nitrogens is 1. The van der Waals surface area contributed by atoms with E-state index in [4.69, 9.17) is 5.73 Å². The fourth-order valence-corrected chi connectivity index (χ4v) is 4.11. The van der Waals surface area contributed by atoms with Crippen molar-refractivity contribution in [2.24, 2.45) is 0 Å². The van der Waals surface area contributed by atoms with Gasteiger partial charge < -0.3 is 15.5 Å². The molecule has 2 heterocycles. The van der Waals surface area contributed by atoms with E-state index in [0.717, 1.165) is 48.0 Å². The second kappa shape index (κ2) is 5.81. The lowest BCUT2D eigenvalue weighted by Gasteiger charge is -2.33. The quantitative estimate of drug-likeness (QED) is 0.866. The molecule has 1 unspecified atom stereocenters. The number of hydrogen-bond donors (Lipinski definition) is 1. The van der Waals surface area contributed by atoms with Crippen molar-refractivity contribution in [2.45, 2.75) is 32.7 Å². The Morgan fingerprint density at radius 3 is 2.95 bits per heavy atom. The van der Waals surface area contributed by atoms with Gasteiger partial charge in [0.25, 0.3) is 0 Å². The number of aryl methyl sites for hydroxylation is 1. The molecule has 0 spiro atoms. The number of nitrogen functional groups attached to an aromatic ring is 1. The summed E-state index contributed by atoms with van der Waals surface area (Å²) in [5.41, 5.74) is 9.48. The maximum absolute atomic E-state index is 6.35. The molecular formula is C16H24N4S. The van der Waals surface area contributed by atoms with E-state index in [-0.39, 0.29) is 0 Å². The Hall–Kier alpha value is -1.33. The Kier molecular flexibility index (Phi) is 4.04. The molecule has 2 aromatic rings. The highest BCUT2D eigenvalue weighted by atomic mass is 32.1. The van der Waals surface area contributed by atoms with Gasteiger partial charge in [0.05, 0.1) is 26.6 Å². The summed E-state index contributed by atoms with van der Waals surface area (Å²) in [6.07, 6.45) is 2.32. The molecule has 1 aliphatic rings. The van der Waals surface area contributed by atoms with Crippen LogP contribution in [0.3, 0.4) is 0 Å². The van der Waals surface area contributed by atoms with Crippen LogP contribution in [0.25, 0.3) is 10.2 Å². The molecule has 114 valence electrons. The van der Waals surface area contributed by atoms with Crippen molar-refractivity contribution in [3.63, 3.8) is 0 Å². The third-order valence-corrected chi connectivity index (χ3v) is 5.26. The molecule has 0 bridgehead atoms. The SMILES string of the molecule is CCC1CN(C)CCCN1c1cc2nc(C)sc2cc1N. The van der Waals surface area contributed by atoms with E-state index in [1.165, 1.54) is 11.1 Å². The summed E-state index contributed by atoms with van der Waals surface area (Å²) in [6.45, 7) is 7.64. The van der Waals surface area contributed by atoms with Gasteiger partial charge in [-0.1, -0.05) is 6.92 Å². The van der Waals surface area contributed by atoms with Crippen molar-refractivity contribution < 1.29 is 0 Å². The van der Waals surface area contributed by atoms with E-state index in [1.807, 2.05) is 0 Å². The molecule has 1 atom stereocenters. The van der Waals surface area contributed by atoms with Crippen LogP contribution in [-0.4, -0.2) is 42.6 Å². The summed E-state index contributed by atoms with van der Waals surface area (Å²) >= 11 is 1.71.